The van der Waals surface area contributed by atoms with Gasteiger partial charge in [0.1, 0.15) is 18.1 Å². The number of hydrogen-bond donors (Lipinski definition) is 1. The van der Waals surface area contributed by atoms with Crippen molar-refractivity contribution in [2.75, 3.05) is 7.11 Å². The van der Waals surface area contributed by atoms with Crippen molar-refractivity contribution in [1.82, 2.24) is 0 Å². The van der Waals surface area contributed by atoms with E-state index in [9.17, 15) is 10.1 Å². The van der Waals surface area contributed by atoms with Crippen LogP contribution >= 0.6 is 0 Å². The van der Waals surface area contributed by atoms with Crippen LogP contribution in [0.2, 0.25) is 0 Å². The highest BCUT2D eigenvalue weighted by molar-refractivity contribution is 5.44. The normalized spacial score (nSPS) is 10.2. The summed E-state index contributed by atoms with van der Waals surface area (Å²) in [5.41, 5.74) is 7.13. The molecule has 6 heteroatoms. The van der Waals surface area contributed by atoms with E-state index in [2.05, 4.69) is 0 Å². The molecule has 0 spiro atoms. The molecule has 0 saturated carbocycles. The summed E-state index contributed by atoms with van der Waals surface area (Å²) in [7, 11) is 1.51. The van der Waals surface area contributed by atoms with Crippen molar-refractivity contribution in [2.24, 2.45) is 5.73 Å². The van der Waals surface area contributed by atoms with Crippen LogP contribution in [-0.4, -0.2) is 12.0 Å². The van der Waals surface area contributed by atoms with Gasteiger partial charge in [-0.2, -0.15) is 0 Å². The molecule has 2 aromatic rings. The van der Waals surface area contributed by atoms with Gasteiger partial charge in [-0.05, 0) is 12.1 Å². The average Bonchev–Trinajstić information content (AvgIpc) is 2.52. The number of para-hydroxylation sites is 1. The lowest BCUT2D eigenvalue weighted by Crippen LogP contribution is -2.04. The van der Waals surface area contributed by atoms with Gasteiger partial charge < -0.3 is 15.2 Å². The Morgan fingerprint density at radius 1 is 1.14 bits per heavy atom. The first-order valence-corrected chi connectivity index (χ1v) is 6.37. The number of ether oxygens (including phenoxy) is 2. The summed E-state index contributed by atoms with van der Waals surface area (Å²) in [6, 6.07) is 11.8. The van der Waals surface area contributed by atoms with Gasteiger partial charge in [-0.3, -0.25) is 10.1 Å². The molecular formula is C15H16N2O4. The number of benzene rings is 2. The molecule has 0 atom stereocenters. The van der Waals surface area contributed by atoms with Gasteiger partial charge in [-0.25, -0.2) is 0 Å². The first-order chi connectivity index (χ1) is 10.2. The van der Waals surface area contributed by atoms with E-state index in [-0.39, 0.29) is 12.3 Å². The van der Waals surface area contributed by atoms with E-state index in [1.807, 2.05) is 24.3 Å². The highest BCUT2D eigenvalue weighted by Crippen LogP contribution is 2.26. The summed E-state index contributed by atoms with van der Waals surface area (Å²) in [6.45, 7) is 0.532. The molecule has 110 valence electrons. The molecule has 2 rings (SSSR count). The Kier molecular flexibility index (Phi) is 4.73. The monoisotopic (exact) mass is 288 g/mol. The predicted octanol–water partition coefficient (Wildman–Crippen LogP) is 2.64. The average molecular weight is 288 g/mol. The van der Waals surface area contributed by atoms with Gasteiger partial charge in [0, 0.05) is 29.8 Å². The van der Waals surface area contributed by atoms with E-state index >= 15 is 0 Å². The molecule has 0 aliphatic carbocycles. The maximum absolute atomic E-state index is 10.8. The Morgan fingerprint density at radius 3 is 2.57 bits per heavy atom. The van der Waals surface area contributed by atoms with Gasteiger partial charge in [0.25, 0.3) is 5.69 Å². The van der Waals surface area contributed by atoms with Crippen molar-refractivity contribution in [3.8, 4) is 11.5 Å². The summed E-state index contributed by atoms with van der Waals surface area (Å²) in [4.78, 5) is 10.4. The van der Waals surface area contributed by atoms with Crippen LogP contribution in [0.1, 0.15) is 11.1 Å². The number of nitro benzene ring substituents is 1. The zero-order valence-corrected chi connectivity index (χ0v) is 11.6. The van der Waals surface area contributed by atoms with E-state index < -0.39 is 4.92 Å². The maximum atomic E-state index is 10.8. The van der Waals surface area contributed by atoms with E-state index in [0.717, 1.165) is 5.56 Å². The highest BCUT2D eigenvalue weighted by atomic mass is 16.6. The summed E-state index contributed by atoms with van der Waals surface area (Å²) in [6.07, 6.45) is 0. The van der Waals surface area contributed by atoms with Crippen molar-refractivity contribution in [2.45, 2.75) is 13.2 Å². The fourth-order valence-corrected chi connectivity index (χ4v) is 1.96. The second-order valence-electron chi connectivity index (χ2n) is 4.35. The molecule has 2 N–H and O–H groups in total. The topological polar surface area (TPSA) is 87.6 Å². The minimum Gasteiger partial charge on any atom is -0.496 e. The molecule has 2 aromatic carbocycles. The maximum Gasteiger partial charge on any atom is 0.270 e. The predicted molar refractivity (Wildman–Crippen MR) is 78.3 cm³/mol. The van der Waals surface area contributed by atoms with Gasteiger partial charge in [0.15, 0.2) is 0 Å². The Hall–Kier alpha value is -2.60. The Bertz CT molecular complexity index is 643. The third-order valence-corrected chi connectivity index (χ3v) is 3.05. The van der Waals surface area contributed by atoms with Crippen LogP contribution in [0.3, 0.4) is 0 Å². The molecular weight excluding hydrogens is 272 g/mol. The minimum atomic E-state index is -0.448. The largest absolute Gasteiger partial charge is 0.496 e. The zero-order valence-electron chi connectivity index (χ0n) is 11.6. The number of nitrogens with two attached hydrogens (primary N) is 1. The minimum absolute atomic E-state index is 0.00140. The van der Waals surface area contributed by atoms with E-state index in [1.54, 1.807) is 6.07 Å². The van der Waals surface area contributed by atoms with Crippen molar-refractivity contribution in [1.29, 1.82) is 0 Å². The number of nitrogens with zero attached hydrogens (tertiary/aromatic N) is 1. The molecule has 0 aliphatic heterocycles. The molecule has 0 fully saturated rings. The van der Waals surface area contributed by atoms with Gasteiger partial charge in [-0.1, -0.05) is 18.2 Å². The number of rotatable bonds is 6. The third-order valence-electron chi connectivity index (χ3n) is 3.05. The van der Waals surface area contributed by atoms with Crippen LogP contribution in [0.15, 0.2) is 42.5 Å². The molecule has 0 heterocycles. The SMILES string of the molecule is COc1ccc([N+](=O)[O-])cc1COc1ccccc1CN. The van der Waals surface area contributed by atoms with Gasteiger partial charge in [0.05, 0.1) is 12.0 Å². The summed E-state index contributed by atoms with van der Waals surface area (Å²) < 4.78 is 10.9. The Balaban J connectivity index is 2.22. The second kappa shape index (κ2) is 6.71. The van der Waals surface area contributed by atoms with Crippen LogP contribution in [-0.2, 0) is 13.2 Å². The van der Waals surface area contributed by atoms with Gasteiger partial charge in [0.2, 0.25) is 0 Å². The third kappa shape index (κ3) is 3.49. The number of hydrogen-bond acceptors (Lipinski definition) is 5. The molecule has 0 aliphatic rings. The molecule has 0 radical (unpaired) electrons. The van der Waals surface area contributed by atoms with Crippen LogP contribution in [0.4, 0.5) is 5.69 Å². The first-order valence-electron chi connectivity index (χ1n) is 6.37. The first kappa shape index (κ1) is 14.8. The zero-order chi connectivity index (χ0) is 15.2. The summed E-state index contributed by atoms with van der Waals surface area (Å²) >= 11 is 0. The molecule has 0 saturated heterocycles. The Morgan fingerprint density at radius 2 is 1.90 bits per heavy atom. The lowest BCUT2D eigenvalue weighted by molar-refractivity contribution is -0.385. The van der Waals surface area contributed by atoms with Gasteiger partial charge >= 0.3 is 0 Å². The van der Waals surface area contributed by atoms with Crippen LogP contribution in [0.5, 0.6) is 11.5 Å². The smallest absolute Gasteiger partial charge is 0.270 e. The second-order valence-corrected chi connectivity index (χ2v) is 4.35. The lowest BCUT2D eigenvalue weighted by atomic mass is 10.1. The molecule has 21 heavy (non-hydrogen) atoms. The quantitative estimate of drug-likeness (QED) is 0.652. The molecule has 6 nitrogen and oxygen atoms in total. The van der Waals surface area contributed by atoms with E-state index in [4.69, 9.17) is 15.2 Å². The van der Waals surface area contributed by atoms with Crippen molar-refractivity contribution in [3.05, 3.63) is 63.7 Å². The van der Waals surface area contributed by atoms with Crippen molar-refractivity contribution < 1.29 is 14.4 Å². The lowest BCUT2D eigenvalue weighted by Gasteiger charge is -2.12. The summed E-state index contributed by atoms with van der Waals surface area (Å²) in [5.74, 6) is 1.21. The highest BCUT2D eigenvalue weighted by Gasteiger charge is 2.12. The molecule has 0 bridgehead atoms. The van der Waals surface area contributed by atoms with Crippen LogP contribution < -0.4 is 15.2 Å². The van der Waals surface area contributed by atoms with E-state index in [0.29, 0.717) is 23.6 Å². The fourth-order valence-electron chi connectivity index (χ4n) is 1.96. The molecule has 0 aromatic heterocycles. The number of methoxy groups -OCH3 is 1. The van der Waals surface area contributed by atoms with Crippen LogP contribution in [0, 0.1) is 10.1 Å². The number of nitro groups is 1. The summed E-state index contributed by atoms with van der Waals surface area (Å²) in [5, 5.41) is 10.8. The van der Waals surface area contributed by atoms with Gasteiger partial charge in [-0.15, -0.1) is 0 Å². The standard InChI is InChI=1S/C15H16N2O4/c1-20-14-7-6-13(17(18)19)8-12(14)10-21-15-5-3-2-4-11(15)9-16/h2-8H,9-10,16H2,1H3. The molecule has 0 amide bonds. The Labute approximate surface area is 122 Å². The fraction of sp³-hybridized carbons (Fsp3) is 0.200. The number of non-ortho nitro benzene ring substituents is 1. The van der Waals surface area contributed by atoms with Crippen molar-refractivity contribution >= 4 is 5.69 Å². The molecule has 0 unspecified atom stereocenters. The van der Waals surface area contributed by atoms with Crippen LogP contribution in [0.25, 0.3) is 0 Å². The van der Waals surface area contributed by atoms with E-state index in [1.165, 1.54) is 19.2 Å². The van der Waals surface area contributed by atoms with Crippen molar-refractivity contribution in [3.63, 3.8) is 0 Å².